The zero-order valence-electron chi connectivity index (χ0n) is 19.4. The molecular formula is C25H25ClFN7O. The molecule has 2 aliphatic heterocycles. The molecular weight excluding hydrogens is 469 g/mol. The number of benzene rings is 1. The first kappa shape index (κ1) is 22.2. The number of anilines is 1. The summed E-state index contributed by atoms with van der Waals surface area (Å²) in [6.07, 6.45) is 4.41. The van der Waals surface area contributed by atoms with E-state index in [0.29, 0.717) is 55.2 Å². The minimum absolute atomic E-state index is 0.0000491. The number of halogens is 2. The highest BCUT2D eigenvalue weighted by molar-refractivity contribution is 6.31. The Morgan fingerprint density at radius 2 is 2.03 bits per heavy atom. The van der Waals surface area contributed by atoms with Crippen molar-refractivity contribution in [3.63, 3.8) is 0 Å². The predicted octanol–water partition coefficient (Wildman–Crippen LogP) is 3.87. The van der Waals surface area contributed by atoms with Crippen molar-refractivity contribution in [2.75, 3.05) is 24.5 Å². The minimum atomic E-state index is -0.587. The lowest BCUT2D eigenvalue weighted by Gasteiger charge is -2.40. The number of hydrogen-bond acceptors (Lipinski definition) is 6. The Hall–Kier alpha value is -3.25. The Morgan fingerprint density at radius 3 is 2.77 bits per heavy atom. The first-order chi connectivity index (χ1) is 17.0. The zero-order chi connectivity index (χ0) is 24.3. The first-order valence-corrected chi connectivity index (χ1v) is 12.5. The third kappa shape index (κ3) is 3.71. The smallest absolute Gasteiger partial charge is 0.226 e. The summed E-state index contributed by atoms with van der Waals surface area (Å²) in [4.78, 5) is 21.7. The summed E-state index contributed by atoms with van der Waals surface area (Å²) in [5.41, 5.74) is 1.20. The number of aromatic nitrogens is 4. The van der Waals surface area contributed by atoms with Crippen molar-refractivity contribution in [2.45, 2.75) is 45.2 Å². The number of piperidine rings is 1. The molecule has 8 nitrogen and oxygen atoms in total. The second-order valence-corrected chi connectivity index (χ2v) is 10.3. The zero-order valence-corrected chi connectivity index (χ0v) is 20.2. The molecule has 0 unspecified atom stereocenters. The molecule has 1 amide bonds. The molecule has 35 heavy (non-hydrogen) atoms. The molecule has 0 bridgehead atoms. The molecule has 4 heterocycles. The summed E-state index contributed by atoms with van der Waals surface area (Å²) in [5.74, 6) is 1.99. The van der Waals surface area contributed by atoms with E-state index in [0.717, 1.165) is 18.2 Å². The Kier molecular flexibility index (Phi) is 5.37. The lowest BCUT2D eigenvalue weighted by Crippen LogP contribution is -2.49. The highest BCUT2D eigenvalue weighted by Crippen LogP contribution is 2.40. The van der Waals surface area contributed by atoms with Gasteiger partial charge in [0.05, 0.1) is 22.8 Å². The number of amides is 1. The lowest BCUT2D eigenvalue weighted by molar-refractivity contribution is -0.139. The summed E-state index contributed by atoms with van der Waals surface area (Å²) >= 11 is 5.96. The van der Waals surface area contributed by atoms with Crippen molar-refractivity contribution in [3.05, 3.63) is 46.4 Å². The molecule has 0 N–H and O–H groups in total. The highest BCUT2D eigenvalue weighted by Gasteiger charge is 2.38. The fraction of sp³-hybridized carbons (Fsp3) is 0.480. The molecule has 3 aromatic rings. The van der Waals surface area contributed by atoms with E-state index in [1.54, 1.807) is 6.07 Å². The van der Waals surface area contributed by atoms with Gasteiger partial charge >= 0.3 is 0 Å². The molecule has 1 saturated heterocycles. The molecule has 180 valence electrons. The van der Waals surface area contributed by atoms with Gasteiger partial charge in [-0.05, 0) is 37.3 Å². The maximum Gasteiger partial charge on any atom is 0.226 e. The third-order valence-electron chi connectivity index (χ3n) is 7.60. The van der Waals surface area contributed by atoms with E-state index in [2.05, 4.69) is 37.6 Å². The Morgan fingerprint density at radius 1 is 1.20 bits per heavy atom. The number of carbonyl (C=O) groups is 1. The SMILES string of the molecule is C[C@H]1CN(c2c(C#N)cnc3c(F)c(Cl)ccc23)CC[C@H]1C(=O)N1CCn2c(nnc2C2CC2)C1. The first-order valence-electron chi connectivity index (χ1n) is 12.1. The molecule has 6 rings (SSSR count). The molecule has 2 fully saturated rings. The van der Waals surface area contributed by atoms with Crippen molar-refractivity contribution < 1.29 is 9.18 Å². The largest absolute Gasteiger partial charge is 0.370 e. The average molecular weight is 494 g/mol. The van der Waals surface area contributed by atoms with Crippen LogP contribution in [0.5, 0.6) is 0 Å². The van der Waals surface area contributed by atoms with Crippen LogP contribution in [0.4, 0.5) is 10.1 Å². The Labute approximate surface area is 207 Å². The van der Waals surface area contributed by atoms with E-state index in [-0.39, 0.29) is 28.3 Å². The van der Waals surface area contributed by atoms with E-state index in [1.165, 1.54) is 25.1 Å². The van der Waals surface area contributed by atoms with Crippen LogP contribution in [0, 0.1) is 29.0 Å². The lowest BCUT2D eigenvalue weighted by atomic mass is 9.85. The van der Waals surface area contributed by atoms with Crippen LogP contribution >= 0.6 is 11.6 Å². The van der Waals surface area contributed by atoms with Crippen LogP contribution in [-0.2, 0) is 17.9 Å². The van der Waals surface area contributed by atoms with Crippen molar-refractivity contribution in [1.29, 1.82) is 5.26 Å². The number of pyridine rings is 1. The number of nitrogens with zero attached hydrogens (tertiary/aromatic N) is 7. The summed E-state index contributed by atoms with van der Waals surface area (Å²) < 4.78 is 16.8. The molecule has 0 radical (unpaired) electrons. The van der Waals surface area contributed by atoms with E-state index >= 15 is 0 Å². The van der Waals surface area contributed by atoms with Crippen LogP contribution < -0.4 is 4.90 Å². The van der Waals surface area contributed by atoms with Gasteiger partial charge < -0.3 is 14.4 Å². The minimum Gasteiger partial charge on any atom is -0.370 e. The highest BCUT2D eigenvalue weighted by atomic mass is 35.5. The number of rotatable bonds is 3. The fourth-order valence-electron chi connectivity index (χ4n) is 5.58. The van der Waals surface area contributed by atoms with Crippen molar-refractivity contribution in [3.8, 4) is 6.07 Å². The maximum absolute atomic E-state index is 14.6. The van der Waals surface area contributed by atoms with E-state index < -0.39 is 5.82 Å². The normalized spacial score (nSPS) is 22.2. The summed E-state index contributed by atoms with van der Waals surface area (Å²) in [6.45, 7) is 5.16. The van der Waals surface area contributed by atoms with Crippen LogP contribution in [0.1, 0.15) is 49.3 Å². The third-order valence-corrected chi connectivity index (χ3v) is 7.89. The second kappa shape index (κ2) is 8.45. The van der Waals surface area contributed by atoms with Gasteiger partial charge in [0.2, 0.25) is 5.91 Å². The van der Waals surface area contributed by atoms with Crippen molar-refractivity contribution >= 4 is 34.1 Å². The fourth-order valence-corrected chi connectivity index (χ4v) is 5.73. The number of fused-ring (bicyclic) bond motifs is 2. The summed E-state index contributed by atoms with van der Waals surface area (Å²) in [7, 11) is 0. The predicted molar refractivity (Wildman–Crippen MR) is 128 cm³/mol. The van der Waals surface area contributed by atoms with Gasteiger partial charge in [0.15, 0.2) is 11.6 Å². The van der Waals surface area contributed by atoms with Gasteiger partial charge in [-0.25, -0.2) is 4.39 Å². The van der Waals surface area contributed by atoms with Crippen molar-refractivity contribution in [1.82, 2.24) is 24.6 Å². The van der Waals surface area contributed by atoms with E-state index in [1.807, 2.05) is 4.90 Å². The molecule has 10 heteroatoms. The Bertz CT molecular complexity index is 1380. The van der Waals surface area contributed by atoms with Crippen LogP contribution in [0.15, 0.2) is 18.3 Å². The van der Waals surface area contributed by atoms with E-state index in [9.17, 15) is 14.4 Å². The molecule has 3 aliphatic rings. The summed E-state index contributed by atoms with van der Waals surface area (Å²) in [5, 5.41) is 19.0. The van der Waals surface area contributed by atoms with Crippen LogP contribution in [0.2, 0.25) is 5.02 Å². The molecule has 1 aliphatic carbocycles. The summed E-state index contributed by atoms with van der Waals surface area (Å²) in [6, 6.07) is 5.40. The molecule has 1 saturated carbocycles. The monoisotopic (exact) mass is 493 g/mol. The van der Waals surface area contributed by atoms with E-state index in [4.69, 9.17) is 11.6 Å². The average Bonchev–Trinajstić information content (AvgIpc) is 3.63. The number of nitriles is 1. The second-order valence-electron chi connectivity index (χ2n) is 9.87. The van der Waals surface area contributed by atoms with Crippen LogP contribution in [0.3, 0.4) is 0 Å². The van der Waals surface area contributed by atoms with Gasteiger partial charge in [-0.3, -0.25) is 9.78 Å². The standard InChI is InChI=1S/C25H25ClFN7O/c1-14-12-32(23-16(10-28)11-29-22-18(23)4-5-19(26)21(22)27)7-6-17(14)25(35)33-8-9-34-20(13-33)30-31-24(34)15-2-3-15/h4-5,11,14-15,17H,2-3,6-9,12-13H2,1H3/t14-,17+/m0/s1. The molecule has 0 spiro atoms. The quantitative estimate of drug-likeness (QED) is 0.550. The molecule has 1 aromatic carbocycles. The number of carbonyl (C=O) groups excluding carboxylic acids is 1. The van der Waals surface area contributed by atoms with Crippen molar-refractivity contribution in [2.24, 2.45) is 11.8 Å². The van der Waals surface area contributed by atoms with Gasteiger partial charge in [0, 0.05) is 49.6 Å². The van der Waals surface area contributed by atoms with Gasteiger partial charge in [-0.2, -0.15) is 5.26 Å². The molecule has 2 atom stereocenters. The van der Waals surface area contributed by atoms with Gasteiger partial charge in [0.25, 0.3) is 0 Å². The number of hydrogen-bond donors (Lipinski definition) is 0. The van der Waals surface area contributed by atoms with Gasteiger partial charge in [0.1, 0.15) is 17.4 Å². The van der Waals surface area contributed by atoms with Crippen LogP contribution in [0.25, 0.3) is 10.9 Å². The van der Waals surface area contributed by atoms with Gasteiger partial charge in [-0.1, -0.05) is 18.5 Å². The molecule has 2 aromatic heterocycles. The topological polar surface area (TPSA) is 90.9 Å². The van der Waals surface area contributed by atoms with Gasteiger partial charge in [-0.15, -0.1) is 10.2 Å². The Balaban J connectivity index is 1.21. The van der Waals surface area contributed by atoms with Crippen LogP contribution in [-0.4, -0.2) is 50.2 Å². The maximum atomic E-state index is 14.6.